The van der Waals surface area contributed by atoms with E-state index in [4.69, 9.17) is 0 Å². The number of hydrogen-bond acceptors (Lipinski definition) is 1. The molecular formula is C15H13N. The van der Waals surface area contributed by atoms with Gasteiger partial charge in [0.1, 0.15) is 0 Å². The summed E-state index contributed by atoms with van der Waals surface area (Å²) < 4.78 is 0. The Morgan fingerprint density at radius 3 is 2.56 bits per heavy atom. The number of nitrogens with one attached hydrogen (secondary N) is 1. The minimum atomic E-state index is 1.11. The molecule has 0 spiro atoms. The zero-order valence-electron chi connectivity index (χ0n) is 9.25. The summed E-state index contributed by atoms with van der Waals surface area (Å²) in [6.07, 6.45) is 0. The van der Waals surface area contributed by atoms with Crippen LogP contribution in [0.15, 0.2) is 49.0 Å². The molecule has 0 saturated carbocycles. The van der Waals surface area contributed by atoms with Crippen LogP contribution >= 0.6 is 0 Å². The first kappa shape index (κ1) is 9.22. The third-order valence-electron chi connectivity index (χ3n) is 3.10. The monoisotopic (exact) mass is 207 g/mol. The third-order valence-corrected chi connectivity index (χ3v) is 3.10. The van der Waals surface area contributed by atoms with Crippen LogP contribution in [0.3, 0.4) is 0 Å². The lowest BCUT2D eigenvalue weighted by molar-refractivity contribution is 1.37. The van der Waals surface area contributed by atoms with Gasteiger partial charge in [-0.1, -0.05) is 36.9 Å². The highest BCUT2D eigenvalue weighted by atomic mass is 14.9. The highest BCUT2D eigenvalue weighted by Crippen LogP contribution is 2.40. The van der Waals surface area contributed by atoms with E-state index in [9.17, 15) is 0 Å². The summed E-state index contributed by atoms with van der Waals surface area (Å²) in [5, 5.41) is 3.45. The Bertz CT molecular complexity index is 582. The number of anilines is 2. The SMILES string of the molecule is C=C1c2ccccc2Nc2cccc(C)c21. The fourth-order valence-corrected chi connectivity index (χ4v) is 2.31. The van der Waals surface area contributed by atoms with E-state index in [0.717, 1.165) is 16.9 Å². The van der Waals surface area contributed by atoms with E-state index in [0.29, 0.717) is 0 Å². The molecule has 0 fully saturated rings. The fourth-order valence-electron chi connectivity index (χ4n) is 2.31. The van der Waals surface area contributed by atoms with Gasteiger partial charge < -0.3 is 5.32 Å². The first-order valence-electron chi connectivity index (χ1n) is 5.42. The normalized spacial score (nSPS) is 12.7. The van der Waals surface area contributed by atoms with Crippen LogP contribution in [0.25, 0.3) is 5.57 Å². The lowest BCUT2D eigenvalue weighted by atomic mass is 9.90. The molecule has 0 aliphatic carbocycles. The van der Waals surface area contributed by atoms with E-state index in [1.165, 1.54) is 16.7 Å². The molecule has 1 heteroatoms. The summed E-state index contributed by atoms with van der Waals surface area (Å²) in [4.78, 5) is 0. The molecule has 1 N–H and O–H groups in total. The number of fused-ring (bicyclic) bond motifs is 2. The van der Waals surface area contributed by atoms with E-state index in [1.54, 1.807) is 0 Å². The van der Waals surface area contributed by atoms with Gasteiger partial charge in [-0.3, -0.25) is 0 Å². The van der Waals surface area contributed by atoms with Crippen molar-refractivity contribution in [2.75, 3.05) is 5.32 Å². The topological polar surface area (TPSA) is 12.0 Å². The van der Waals surface area contributed by atoms with Gasteiger partial charge in [0.25, 0.3) is 0 Å². The molecule has 3 rings (SSSR count). The third kappa shape index (κ3) is 1.18. The Morgan fingerprint density at radius 2 is 1.69 bits per heavy atom. The molecule has 0 atom stereocenters. The van der Waals surface area contributed by atoms with Crippen molar-refractivity contribution < 1.29 is 0 Å². The van der Waals surface area contributed by atoms with Crippen LogP contribution in [0.5, 0.6) is 0 Å². The average molecular weight is 207 g/mol. The van der Waals surface area contributed by atoms with Crippen molar-refractivity contribution in [2.45, 2.75) is 6.92 Å². The first-order valence-corrected chi connectivity index (χ1v) is 5.42. The summed E-state index contributed by atoms with van der Waals surface area (Å²) >= 11 is 0. The highest BCUT2D eigenvalue weighted by molar-refractivity contribution is 5.96. The molecule has 0 amide bonds. The van der Waals surface area contributed by atoms with Crippen molar-refractivity contribution in [3.63, 3.8) is 0 Å². The second-order valence-corrected chi connectivity index (χ2v) is 4.15. The average Bonchev–Trinajstić information content (AvgIpc) is 2.29. The highest BCUT2D eigenvalue weighted by Gasteiger charge is 2.18. The Balaban J connectivity index is 2.27. The van der Waals surface area contributed by atoms with Crippen molar-refractivity contribution in [2.24, 2.45) is 0 Å². The zero-order valence-corrected chi connectivity index (χ0v) is 9.25. The van der Waals surface area contributed by atoms with Crippen LogP contribution in [0.2, 0.25) is 0 Å². The quantitative estimate of drug-likeness (QED) is 0.585. The minimum absolute atomic E-state index is 1.11. The number of aryl methyl sites for hydroxylation is 1. The lowest BCUT2D eigenvalue weighted by Gasteiger charge is -2.24. The zero-order chi connectivity index (χ0) is 11.1. The molecule has 2 aromatic carbocycles. The summed E-state index contributed by atoms with van der Waals surface area (Å²) in [5.74, 6) is 0. The first-order chi connectivity index (χ1) is 7.77. The molecule has 16 heavy (non-hydrogen) atoms. The smallest absolute Gasteiger partial charge is 0.0466 e. The molecule has 0 bridgehead atoms. The second-order valence-electron chi connectivity index (χ2n) is 4.15. The van der Waals surface area contributed by atoms with Gasteiger partial charge in [0, 0.05) is 22.5 Å². The largest absolute Gasteiger partial charge is 0.355 e. The van der Waals surface area contributed by atoms with Gasteiger partial charge in [-0.2, -0.15) is 0 Å². The Kier molecular flexibility index (Phi) is 1.87. The molecule has 2 aromatic rings. The minimum Gasteiger partial charge on any atom is -0.355 e. The van der Waals surface area contributed by atoms with Crippen LogP contribution < -0.4 is 5.32 Å². The maximum atomic E-state index is 4.22. The molecule has 0 aromatic heterocycles. The van der Waals surface area contributed by atoms with E-state index >= 15 is 0 Å². The van der Waals surface area contributed by atoms with Crippen LogP contribution in [0.4, 0.5) is 11.4 Å². The van der Waals surface area contributed by atoms with Crippen molar-refractivity contribution in [3.05, 3.63) is 65.7 Å². The van der Waals surface area contributed by atoms with Gasteiger partial charge in [0.2, 0.25) is 0 Å². The maximum Gasteiger partial charge on any atom is 0.0466 e. The number of para-hydroxylation sites is 1. The van der Waals surface area contributed by atoms with Crippen LogP contribution in [0.1, 0.15) is 16.7 Å². The molecule has 0 radical (unpaired) electrons. The predicted molar refractivity (Wildman–Crippen MR) is 69.0 cm³/mol. The van der Waals surface area contributed by atoms with Crippen LogP contribution in [0, 0.1) is 6.92 Å². The van der Waals surface area contributed by atoms with Gasteiger partial charge >= 0.3 is 0 Å². The standard InChI is InChI=1S/C15H13N/c1-10-6-5-9-14-15(10)11(2)12-7-3-4-8-13(12)16-14/h3-9,16H,2H2,1H3. The van der Waals surface area contributed by atoms with E-state index in [-0.39, 0.29) is 0 Å². The van der Waals surface area contributed by atoms with E-state index in [1.807, 2.05) is 6.07 Å². The fraction of sp³-hybridized carbons (Fsp3) is 0.0667. The molecular weight excluding hydrogens is 194 g/mol. The Morgan fingerprint density at radius 1 is 0.938 bits per heavy atom. The molecule has 78 valence electrons. The maximum absolute atomic E-state index is 4.22. The predicted octanol–water partition coefficient (Wildman–Crippen LogP) is 4.11. The van der Waals surface area contributed by atoms with Crippen molar-refractivity contribution >= 4 is 16.9 Å². The molecule has 1 aliphatic heterocycles. The molecule has 1 nitrogen and oxygen atoms in total. The lowest BCUT2D eigenvalue weighted by Crippen LogP contribution is -2.06. The van der Waals surface area contributed by atoms with E-state index < -0.39 is 0 Å². The van der Waals surface area contributed by atoms with Crippen molar-refractivity contribution in [1.29, 1.82) is 0 Å². The van der Waals surface area contributed by atoms with Gasteiger partial charge in [0.05, 0.1) is 0 Å². The summed E-state index contributed by atoms with van der Waals surface area (Å²) in [6, 6.07) is 14.6. The molecule has 1 heterocycles. The molecule has 0 saturated heterocycles. The van der Waals surface area contributed by atoms with Gasteiger partial charge in [-0.15, -0.1) is 0 Å². The number of hydrogen-bond donors (Lipinski definition) is 1. The summed E-state index contributed by atoms with van der Waals surface area (Å²) in [6.45, 7) is 6.34. The van der Waals surface area contributed by atoms with Crippen LogP contribution in [-0.4, -0.2) is 0 Å². The second kappa shape index (κ2) is 3.24. The Labute approximate surface area is 95.4 Å². The van der Waals surface area contributed by atoms with E-state index in [2.05, 4.69) is 55.2 Å². The van der Waals surface area contributed by atoms with Crippen LogP contribution in [-0.2, 0) is 0 Å². The van der Waals surface area contributed by atoms with Gasteiger partial charge in [-0.25, -0.2) is 0 Å². The number of benzene rings is 2. The Hall–Kier alpha value is -2.02. The van der Waals surface area contributed by atoms with Crippen molar-refractivity contribution in [3.8, 4) is 0 Å². The summed E-state index contributed by atoms with van der Waals surface area (Å²) in [7, 11) is 0. The molecule has 1 aliphatic rings. The number of rotatable bonds is 0. The van der Waals surface area contributed by atoms with Crippen molar-refractivity contribution in [1.82, 2.24) is 0 Å². The van der Waals surface area contributed by atoms with Gasteiger partial charge in [0.15, 0.2) is 0 Å². The molecule has 0 unspecified atom stereocenters. The van der Waals surface area contributed by atoms with Gasteiger partial charge in [-0.05, 0) is 30.2 Å². The summed E-state index contributed by atoms with van der Waals surface area (Å²) in [5.41, 5.74) is 7.12.